The lowest BCUT2D eigenvalue weighted by Gasteiger charge is -2.21. The van der Waals surface area contributed by atoms with Gasteiger partial charge < -0.3 is 13.9 Å². The smallest absolute Gasteiger partial charge is 0.344 e. The highest BCUT2D eigenvalue weighted by molar-refractivity contribution is 5.87. The Hall–Kier alpha value is -4.71. The molecule has 6 rings (SSSR count). The van der Waals surface area contributed by atoms with Gasteiger partial charge in [-0.3, -0.25) is 4.98 Å². The van der Waals surface area contributed by atoms with Crippen LogP contribution in [-0.2, 0) is 0 Å². The third-order valence-corrected chi connectivity index (χ3v) is 7.88. The van der Waals surface area contributed by atoms with Gasteiger partial charge in [-0.1, -0.05) is 18.2 Å². The highest BCUT2D eigenvalue weighted by Gasteiger charge is 2.32. The summed E-state index contributed by atoms with van der Waals surface area (Å²) < 4.78 is 11.6. The Balaban J connectivity index is 1.74. The van der Waals surface area contributed by atoms with Crippen LogP contribution in [0.1, 0.15) is 50.4 Å². The average Bonchev–Trinajstić information content (AvgIpc) is 2.90. The monoisotopic (exact) mass is 517 g/mol. The van der Waals surface area contributed by atoms with E-state index in [2.05, 4.69) is 4.98 Å². The van der Waals surface area contributed by atoms with Crippen LogP contribution in [0.5, 0.6) is 5.75 Å². The fraction of sp³-hybridized carbons (Fsp3) is 0.182. The van der Waals surface area contributed by atoms with Crippen molar-refractivity contribution in [1.82, 2.24) is 4.98 Å². The number of pyridine rings is 1. The lowest BCUT2D eigenvalue weighted by molar-refractivity contribution is 0.453. The molecule has 1 atom stereocenters. The van der Waals surface area contributed by atoms with Gasteiger partial charge in [0.15, 0.2) is 0 Å². The van der Waals surface area contributed by atoms with Crippen LogP contribution >= 0.6 is 0 Å². The second-order valence-electron chi connectivity index (χ2n) is 10.3. The SMILES string of the molecule is Cc1cc2oc(=O)c(C(c3cnc4ccccc4c3)c3c(O)c4cc(C)c(C)cc4oc3=O)c(C)c2cc1C. The number of para-hydroxylation sites is 1. The van der Waals surface area contributed by atoms with Crippen LogP contribution in [0, 0.1) is 34.6 Å². The highest BCUT2D eigenvalue weighted by Crippen LogP contribution is 2.40. The van der Waals surface area contributed by atoms with Crippen LogP contribution in [0.3, 0.4) is 0 Å². The van der Waals surface area contributed by atoms with E-state index < -0.39 is 17.2 Å². The fourth-order valence-electron chi connectivity index (χ4n) is 5.39. The predicted octanol–water partition coefficient (Wildman–Crippen LogP) is 6.88. The summed E-state index contributed by atoms with van der Waals surface area (Å²) in [4.78, 5) is 31.9. The van der Waals surface area contributed by atoms with Gasteiger partial charge >= 0.3 is 11.3 Å². The Morgan fingerprint density at radius 2 is 1.28 bits per heavy atom. The summed E-state index contributed by atoms with van der Waals surface area (Å²) >= 11 is 0. The van der Waals surface area contributed by atoms with Crippen molar-refractivity contribution >= 4 is 32.8 Å². The first-order chi connectivity index (χ1) is 18.6. The van der Waals surface area contributed by atoms with Crippen LogP contribution in [0.15, 0.2) is 79.2 Å². The predicted molar refractivity (Wildman–Crippen MR) is 153 cm³/mol. The Morgan fingerprint density at radius 1 is 0.718 bits per heavy atom. The molecule has 3 aromatic heterocycles. The molecule has 6 nitrogen and oxygen atoms in total. The zero-order valence-corrected chi connectivity index (χ0v) is 22.4. The third kappa shape index (κ3) is 3.91. The quantitative estimate of drug-likeness (QED) is 0.257. The molecule has 194 valence electrons. The maximum absolute atomic E-state index is 13.7. The molecule has 0 spiro atoms. The number of fused-ring (bicyclic) bond motifs is 3. The van der Waals surface area contributed by atoms with Crippen LogP contribution in [0.2, 0.25) is 0 Å². The fourth-order valence-corrected chi connectivity index (χ4v) is 5.39. The van der Waals surface area contributed by atoms with E-state index >= 15 is 0 Å². The highest BCUT2D eigenvalue weighted by atomic mass is 16.4. The molecule has 0 radical (unpaired) electrons. The van der Waals surface area contributed by atoms with Gasteiger partial charge in [-0.15, -0.1) is 0 Å². The summed E-state index contributed by atoms with van der Waals surface area (Å²) in [7, 11) is 0. The molecular weight excluding hydrogens is 490 g/mol. The van der Waals surface area contributed by atoms with Gasteiger partial charge in [-0.2, -0.15) is 0 Å². The number of aromatic nitrogens is 1. The Labute approximate surface area is 224 Å². The van der Waals surface area contributed by atoms with Gasteiger partial charge in [0.25, 0.3) is 0 Å². The van der Waals surface area contributed by atoms with Crippen molar-refractivity contribution in [3.8, 4) is 5.75 Å². The molecule has 1 N–H and O–H groups in total. The summed E-state index contributed by atoms with van der Waals surface area (Å²) in [5.74, 6) is -1.20. The van der Waals surface area contributed by atoms with Crippen molar-refractivity contribution in [2.45, 2.75) is 40.5 Å². The zero-order valence-electron chi connectivity index (χ0n) is 22.4. The maximum Gasteiger partial charge on any atom is 0.344 e. The summed E-state index contributed by atoms with van der Waals surface area (Å²) in [6.07, 6.45) is 1.64. The standard InChI is InChI=1S/C33H27NO5/c1-16-10-23-20(5)28(32(36)38-26(23)12-18(16)3)29(22-14-21-8-6-7-9-25(21)34-15-22)30-31(35)24-11-17(2)19(4)13-27(24)39-33(30)37/h6-15,29,35H,1-5H3. The van der Waals surface area contributed by atoms with E-state index in [1.165, 1.54) is 0 Å². The molecule has 6 aromatic rings. The molecule has 1 unspecified atom stereocenters. The molecule has 3 heterocycles. The van der Waals surface area contributed by atoms with Crippen LogP contribution in [-0.4, -0.2) is 10.1 Å². The summed E-state index contributed by atoms with van der Waals surface area (Å²) in [6.45, 7) is 9.65. The van der Waals surface area contributed by atoms with Gasteiger partial charge in [0.1, 0.15) is 16.9 Å². The van der Waals surface area contributed by atoms with E-state index in [-0.39, 0.29) is 22.5 Å². The topological polar surface area (TPSA) is 93.5 Å². The van der Waals surface area contributed by atoms with Gasteiger partial charge in [0.2, 0.25) is 0 Å². The second-order valence-corrected chi connectivity index (χ2v) is 10.3. The normalized spacial score (nSPS) is 12.4. The van der Waals surface area contributed by atoms with Crippen LogP contribution in [0.25, 0.3) is 32.8 Å². The number of aromatic hydroxyl groups is 1. The average molecular weight is 518 g/mol. The molecule has 0 aliphatic carbocycles. The minimum atomic E-state index is -0.980. The van der Waals surface area contributed by atoms with Crippen LogP contribution in [0.4, 0.5) is 0 Å². The summed E-state index contributed by atoms with van der Waals surface area (Å²) in [5, 5.41) is 13.6. The minimum Gasteiger partial charge on any atom is -0.507 e. The van der Waals surface area contributed by atoms with Crippen molar-refractivity contribution in [2.24, 2.45) is 0 Å². The van der Waals surface area contributed by atoms with Gasteiger partial charge in [-0.05, 0) is 104 Å². The molecular formula is C33H27NO5. The van der Waals surface area contributed by atoms with Crippen molar-refractivity contribution in [1.29, 1.82) is 0 Å². The molecule has 3 aromatic carbocycles. The molecule has 0 bridgehead atoms. The van der Waals surface area contributed by atoms with E-state index in [9.17, 15) is 14.7 Å². The molecule has 0 aliphatic heterocycles. The zero-order chi connectivity index (χ0) is 27.6. The second kappa shape index (κ2) is 8.95. The molecule has 0 saturated heterocycles. The Bertz CT molecular complexity index is 1970. The van der Waals surface area contributed by atoms with Crippen molar-refractivity contribution in [3.05, 3.63) is 126 Å². The third-order valence-electron chi connectivity index (χ3n) is 7.88. The first-order valence-corrected chi connectivity index (χ1v) is 12.8. The van der Waals surface area contributed by atoms with Crippen molar-refractivity contribution in [3.63, 3.8) is 0 Å². The lowest BCUT2D eigenvalue weighted by Crippen LogP contribution is -2.22. The van der Waals surface area contributed by atoms with Crippen molar-refractivity contribution < 1.29 is 13.9 Å². The summed E-state index contributed by atoms with van der Waals surface area (Å²) in [6, 6.07) is 16.9. The number of nitrogens with zero attached hydrogens (tertiary/aromatic N) is 1. The molecule has 0 aliphatic rings. The van der Waals surface area contributed by atoms with Gasteiger partial charge in [-0.25, -0.2) is 9.59 Å². The molecule has 0 fully saturated rings. The Kier molecular flexibility index (Phi) is 5.65. The molecule has 39 heavy (non-hydrogen) atoms. The van der Waals surface area contributed by atoms with E-state index in [1.54, 1.807) is 18.3 Å². The van der Waals surface area contributed by atoms with Gasteiger partial charge in [0.05, 0.1) is 27.9 Å². The molecule has 0 amide bonds. The van der Waals surface area contributed by atoms with E-state index in [0.717, 1.165) is 38.5 Å². The largest absolute Gasteiger partial charge is 0.507 e. The first kappa shape index (κ1) is 24.6. The lowest BCUT2D eigenvalue weighted by atomic mass is 9.83. The minimum absolute atomic E-state index is 0.0265. The Morgan fingerprint density at radius 3 is 1.97 bits per heavy atom. The maximum atomic E-state index is 13.7. The number of rotatable bonds is 3. The van der Waals surface area contributed by atoms with E-state index in [0.29, 0.717) is 22.1 Å². The molecule has 6 heteroatoms. The van der Waals surface area contributed by atoms with Crippen LogP contribution < -0.4 is 11.3 Å². The number of aryl methyl sites for hydroxylation is 5. The van der Waals surface area contributed by atoms with Crippen molar-refractivity contribution in [2.75, 3.05) is 0 Å². The van der Waals surface area contributed by atoms with Gasteiger partial charge in [0, 0.05) is 17.0 Å². The van der Waals surface area contributed by atoms with E-state index in [4.69, 9.17) is 8.83 Å². The number of hydrogen-bond donors (Lipinski definition) is 1. The first-order valence-electron chi connectivity index (χ1n) is 12.8. The number of benzene rings is 3. The summed E-state index contributed by atoms with van der Waals surface area (Å²) in [5.41, 5.74) is 5.62. The number of hydrogen-bond acceptors (Lipinski definition) is 6. The molecule has 0 saturated carbocycles. The van der Waals surface area contributed by atoms with E-state index in [1.807, 2.05) is 77.1 Å².